The fourth-order valence-electron chi connectivity index (χ4n) is 1.57. The highest BCUT2D eigenvalue weighted by Gasteiger charge is 2.45. The van der Waals surface area contributed by atoms with E-state index in [1.54, 1.807) is 31.2 Å². The molecule has 0 bridgehead atoms. The summed E-state index contributed by atoms with van der Waals surface area (Å²) >= 11 is 8.84. The number of alkyl halides is 1. The van der Waals surface area contributed by atoms with Gasteiger partial charge in [0.15, 0.2) is 0 Å². The Morgan fingerprint density at radius 1 is 1.55 bits per heavy atom. The van der Waals surface area contributed by atoms with Gasteiger partial charge in [-0.25, -0.2) is 4.79 Å². The molecule has 0 saturated heterocycles. The van der Waals surface area contributed by atoms with Crippen LogP contribution < -0.4 is 5.32 Å². The van der Waals surface area contributed by atoms with Gasteiger partial charge in [0.05, 0.1) is 6.61 Å². The third-order valence-electron chi connectivity index (χ3n) is 2.62. The number of amides is 1. The minimum atomic E-state index is -1.58. The summed E-state index contributed by atoms with van der Waals surface area (Å²) in [5.41, 5.74) is 0.540. The van der Waals surface area contributed by atoms with E-state index < -0.39 is 21.5 Å². The van der Waals surface area contributed by atoms with Gasteiger partial charge in [0.25, 0.3) is 4.45 Å². The number of nitrogens with zero attached hydrogens (tertiary/aromatic N) is 1. The van der Waals surface area contributed by atoms with Gasteiger partial charge in [-0.3, -0.25) is 10.1 Å². The van der Waals surface area contributed by atoms with Gasteiger partial charge in [-0.05, 0) is 24.6 Å². The van der Waals surface area contributed by atoms with Crippen molar-refractivity contribution in [3.8, 4) is 0 Å². The fourth-order valence-corrected chi connectivity index (χ4v) is 2.08. The SMILES string of the molecule is CCOC(=O)N[C@H](c1ccc(Cl)cc1)[C@@](C)(Br)[N+](=O)[O-]. The summed E-state index contributed by atoms with van der Waals surface area (Å²) in [6.07, 6.45) is -0.722. The van der Waals surface area contributed by atoms with Crippen molar-refractivity contribution in [1.82, 2.24) is 5.32 Å². The van der Waals surface area contributed by atoms with Gasteiger partial charge >= 0.3 is 6.09 Å². The number of alkyl carbamates (subject to hydrolysis) is 1. The van der Waals surface area contributed by atoms with E-state index in [1.165, 1.54) is 6.92 Å². The van der Waals surface area contributed by atoms with Crippen molar-refractivity contribution in [3.05, 3.63) is 45.0 Å². The van der Waals surface area contributed by atoms with E-state index in [4.69, 9.17) is 16.3 Å². The Labute approximate surface area is 129 Å². The summed E-state index contributed by atoms with van der Waals surface area (Å²) in [6, 6.07) is 5.51. The molecule has 0 aliphatic heterocycles. The first-order valence-electron chi connectivity index (χ1n) is 5.81. The predicted molar refractivity (Wildman–Crippen MR) is 78.7 cm³/mol. The van der Waals surface area contributed by atoms with Crippen molar-refractivity contribution in [2.45, 2.75) is 24.3 Å². The smallest absolute Gasteiger partial charge is 0.407 e. The molecule has 0 spiro atoms. The van der Waals surface area contributed by atoms with E-state index in [9.17, 15) is 14.9 Å². The van der Waals surface area contributed by atoms with Gasteiger partial charge in [0.2, 0.25) is 0 Å². The van der Waals surface area contributed by atoms with Crippen molar-refractivity contribution in [1.29, 1.82) is 0 Å². The Kier molecular flexibility index (Phi) is 5.76. The quantitative estimate of drug-likeness (QED) is 0.375. The summed E-state index contributed by atoms with van der Waals surface area (Å²) < 4.78 is 3.20. The largest absolute Gasteiger partial charge is 0.450 e. The maximum Gasteiger partial charge on any atom is 0.407 e. The third kappa shape index (κ3) is 4.08. The number of hydrogen-bond donors (Lipinski definition) is 1. The van der Waals surface area contributed by atoms with Crippen molar-refractivity contribution in [3.63, 3.8) is 0 Å². The van der Waals surface area contributed by atoms with Gasteiger partial charge in [-0.2, -0.15) is 0 Å². The van der Waals surface area contributed by atoms with E-state index in [2.05, 4.69) is 21.2 Å². The van der Waals surface area contributed by atoms with Crippen LogP contribution in [0.25, 0.3) is 0 Å². The molecule has 0 heterocycles. The molecule has 110 valence electrons. The molecule has 20 heavy (non-hydrogen) atoms. The zero-order valence-electron chi connectivity index (χ0n) is 10.9. The van der Waals surface area contributed by atoms with Gasteiger partial charge < -0.3 is 10.1 Å². The zero-order valence-corrected chi connectivity index (χ0v) is 13.3. The second-order valence-electron chi connectivity index (χ2n) is 4.13. The van der Waals surface area contributed by atoms with Gasteiger partial charge in [-0.1, -0.05) is 23.7 Å². The molecular weight excluding hydrogens is 351 g/mol. The minimum absolute atomic E-state index is 0.177. The zero-order chi connectivity index (χ0) is 15.3. The molecule has 0 saturated carbocycles. The van der Waals surface area contributed by atoms with Crippen molar-refractivity contribution in [2.75, 3.05) is 6.61 Å². The number of carbonyl (C=O) groups is 1. The number of benzene rings is 1. The van der Waals surface area contributed by atoms with E-state index in [-0.39, 0.29) is 6.61 Å². The van der Waals surface area contributed by atoms with Crippen LogP contribution in [0.15, 0.2) is 24.3 Å². The maximum absolute atomic E-state index is 11.6. The second-order valence-corrected chi connectivity index (χ2v) is 6.17. The number of ether oxygens (including phenoxy) is 1. The average molecular weight is 366 g/mol. The number of nitro groups is 1. The number of halogens is 2. The van der Waals surface area contributed by atoms with E-state index in [1.807, 2.05) is 0 Å². The monoisotopic (exact) mass is 364 g/mol. The Morgan fingerprint density at radius 3 is 2.55 bits per heavy atom. The van der Waals surface area contributed by atoms with Crippen LogP contribution in [-0.4, -0.2) is 22.1 Å². The first-order chi connectivity index (χ1) is 9.28. The second kappa shape index (κ2) is 6.90. The van der Waals surface area contributed by atoms with Crippen LogP contribution in [0, 0.1) is 10.1 Å². The van der Waals surface area contributed by atoms with Crippen molar-refractivity contribution in [2.24, 2.45) is 0 Å². The van der Waals surface area contributed by atoms with Gasteiger partial charge in [0, 0.05) is 32.8 Å². The van der Waals surface area contributed by atoms with Crippen molar-refractivity contribution >= 4 is 33.6 Å². The number of nitrogens with one attached hydrogen (secondary N) is 1. The number of rotatable bonds is 5. The van der Waals surface area contributed by atoms with Crippen LogP contribution in [0.3, 0.4) is 0 Å². The predicted octanol–water partition coefficient (Wildman–Crippen LogP) is 3.52. The summed E-state index contributed by atoms with van der Waals surface area (Å²) in [4.78, 5) is 22.2. The molecule has 8 heteroatoms. The summed E-state index contributed by atoms with van der Waals surface area (Å²) in [5.74, 6) is 0. The fraction of sp³-hybridized carbons (Fsp3) is 0.417. The molecule has 0 radical (unpaired) electrons. The molecule has 0 aliphatic carbocycles. The van der Waals surface area contributed by atoms with Crippen LogP contribution in [0.5, 0.6) is 0 Å². The Balaban J connectivity index is 3.10. The molecule has 1 aromatic carbocycles. The van der Waals surface area contributed by atoms with Crippen LogP contribution in [0.1, 0.15) is 25.5 Å². The Morgan fingerprint density at radius 2 is 2.10 bits per heavy atom. The normalized spacial score (nSPS) is 15.0. The molecule has 1 aromatic rings. The summed E-state index contributed by atoms with van der Waals surface area (Å²) in [5, 5.41) is 14.2. The first-order valence-corrected chi connectivity index (χ1v) is 6.98. The third-order valence-corrected chi connectivity index (χ3v) is 3.62. The molecule has 6 nitrogen and oxygen atoms in total. The first kappa shape index (κ1) is 16.7. The molecule has 1 N–H and O–H groups in total. The molecule has 1 amide bonds. The van der Waals surface area contributed by atoms with Crippen LogP contribution in [0.4, 0.5) is 4.79 Å². The van der Waals surface area contributed by atoms with E-state index >= 15 is 0 Å². The average Bonchev–Trinajstić information content (AvgIpc) is 2.37. The van der Waals surface area contributed by atoms with Crippen LogP contribution in [0.2, 0.25) is 5.02 Å². The molecule has 0 unspecified atom stereocenters. The molecule has 0 aliphatic rings. The van der Waals surface area contributed by atoms with Crippen LogP contribution in [-0.2, 0) is 4.74 Å². The van der Waals surface area contributed by atoms with E-state index in [0.717, 1.165) is 0 Å². The molecule has 0 fully saturated rings. The molecule has 2 atom stereocenters. The van der Waals surface area contributed by atoms with Crippen LogP contribution >= 0.6 is 27.5 Å². The lowest BCUT2D eigenvalue weighted by Gasteiger charge is -2.26. The highest BCUT2D eigenvalue weighted by atomic mass is 79.9. The lowest BCUT2D eigenvalue weighted by atomic mass is 10.0. The highest BCUT2D eigenvalue weighted by molar-refractivity contribution is 9.10. The standard InChI is InChI=1S/C12H14BrClN2O4/c1-3-20-11(17)15-10(12(2,13)16(18)19)8-4-6-9(14)7-5-8/h4-7,10H,3H2,1-2H3,(H,15,17)/t10-,12+/m1/s1. The van der Waals surface area contributed by atoms with Gasteiger partial charge in [0.1, 0.15) is 6.04 Å². The summed E-state index contributed by atoms with van der Waals surface area (Å²) in [6.45, 7) is 3.19. The number of hydrogen-bond acceptors (Lipinski definition) is 4. The summed E-state index contributed by atoms with van der Waals surface area (Å²) in [7, 11) is 0. The Bertz CT molecular complexity index is 493. The molecular formula is C12H14BrClN2O4. The van der Waals surface area contributed by atoms with E-state index in [0.29, 0.717) is 10.6 Å². The van der Waals surface area contributed by atoms with Crippen molar-refractivity contribution < 1.29 is 14.5 Å². The maximum atomic E-state index is 11.6. The molecule has 1 rings (SSSR count). The topological polar surface area (TPSA) is 81.5 Å². The molecule has 0 aromatic heterocycles. The minimum Gasteiger partial charge on any atom is -0.450 e. The highest BCUT2D eigenvalue weighted by Crippen LogP contribution is 2.34. The lowest BCUT2D eigenvalue weighted by molar-refractivity contribution is -0.536. The lowest BCUT2D eigenvalue weighted by Crippen LogP contribution is -2.45. The Hall–Kier alpha value is -1.34. The van der Waals surface area contributed by atoms with Gasteiger partial charge in [-0.15, -0.1) is 0 Å². The number of carbonyl (C=O) groups excluding carboxylic acids is 1.